The fraction of sp³-hybridized carbons (Fsp3) is 0.459. The van der Waals surface area contributed by atoms with Crippen LogP contribution in [0.1, 0.15) is 125 Å². The fourth-order valence-electron chi connectivity index (χ4n) is 10.6. The van der Waals surface area contributed by atoms with Crippen molar-refractivity contribution in [3.8, 4) is 16.2 Å². The first-order chi connectivity index (χ1) is 39.8. The zero-order chi connectivity index (χ0) is 59.4. The lowest BCUT2D eigenvalue weighted by molar-refractivity contribution is -0.144. The summed E-state index contributed by atoms with van der Waals surface area (Å²) in [6.07, 6.45) is 10.4. The topological polar surface area (TPSA) is 256 Å². The van der Waals surface area contributed by atoms with Gasteiger partial charge in [-0.1, -0.05) is 96.0 Å². The molecule has 0 aliphatic carbocycles. The first kappa shape index (κ1) is 61.1. The van der Waals surface area contributed by atoms with Crippen LogP contribution >= 0.6 is 11.3 Å². The number of aromatic nitrogens is 4. The molecule has 83 heavy (non-hydrogen) atoms. The molecule has 0 radical (unpaired) electrons. The summed E-state index contributed by atoms with van der Waals surface area (Å²) in [6.45, 7) is 8.23. The molecule has 2 aliphatic heterocycles. The van der Waals surface area contributed by atoms with Crippen LogP contribution in [-0.2, 0) is 36.9 Å². The number of nitrogens with one attached hydrogen (secondary N) is 6. The van der Waals surface area contributed by atoms with Gasteiger partial charge < -0.3 is 56.1 Å². The second-order valence-corrected chi connectivity index (χ2v) is 23.3. The molecule has 22 heteroatoms. The Morgan fingerprint density at radius 2 is 1.63 bits per heavy atom. The number of carbonyl (C=O) groups excluding carboxylic acids is 6. The number of likely N-dealkylation sites (N-methyl/N-ethyl adjacent to an activating group) is 1. The van der Waals surface area contributed by atoms with Crippen LogP contribution in [0.2, 0.25) is 0 Å². The number of H-pyrrole nitrogens is 1. The predicted molar refractivity (Wildman–Crippen MR) is 319 cm³/mol. The molecule has 3 aromatic carbocycles. The molecule has 3 aromatic heterocycles. The molecule has 0 spiro atoms. The number of fused-ring (bicyclic) bond motifs is 2. The van der Waals surface area contributed by atoms with E-state index < -0.39 is 35.3 Å². The molecule has 6 amide bonds. The maximum atomic E-state index is 14.9. The number of nitrogens with zero attached hydrogens (tertiary/aromatic N) is 6. The summed E-state index contributed by atoms with van der Waals surface area (Å²) in [7, 11) is 4.62. The summed E-state index contributed by atoms with van der Waals surface area (Å²) in [4.78, 5) is 103. The maximum absolute atomic E-state index is 14.9. The lowest BCUT2D eigenvalue weighted by Crippen LogP contribution is -2.57. The first-order valence-electron chi connectivity index (χ1n) is 28.5. The van der Waals surface area contributed by atoms with E-state index in [1.807, 2.05) is 63.5 Å². The quantitative estimate of drug-likeness (QED) is 0.0251. The number of aromatic amines is 1. The van der Waals surface area contributed by atoms with Gasteiger partial charge in [0.25, 0.3) is 5.91 Å². The molecule has 7 N–H and O–H groups in total. The third-order valence-electron chi connectivity index (χ3n) is 15.3. The van der Waals surface area contributed by atoms with Crippen LogP contribution in [0.3, 0.4) is 0 Å². The Hall–Kier alpha value is -7.98. The molecule has 0 saturated carbocycles. The van der Waals surface area contributed by atoms with Crippen molar-refractivity contribution in [2.24, 2.45) is 5.41 Å². The van der Waals surface area contributed by atoms with Crippen molar-refractivity contribution < 1.29 is 43.0 Å². The summed E-state index contributed by atoms with van der Waals surface area (Å²) >= 11 is 1.57. The summed E-state index contributed by atoms with van der Waals surface area (Å²) in [6, 6.07) is 15.9. The van der Waals surface area contributed by atoms with Gasteiger partial charge in [-0.2, -0.15) is 9.97 Å². The number of hydrogen-bond acceptors (Lipinski definition) is 14. The third kappa shape index (κ3) is 15.4. The maximum Gasteiger partial charge on any atom is 0.256 e. The highest BCUT2D eigenvalue weighted by molar-refractivity contribution is 7.13. The number of halogens is 1. The SMILES string of the molecule is CNC(=O)c1c(F)cccc1Nc1nc(Nc2cc3c(cc2OC)CCN3C(=O)CN(C)C(=O)CCCCCCCCCCCC(=O)N[C@H](C(=O)N2C[C@H](O)C[C@H]2C(=O)NCc2ccc(-c3scnc3C)cc2)C(C)(C)C)nc2[nH]ccc12. The van der Waals surface area contributed by atoms with Crippen molar-refractivity contribution in [2.75, 3.05) is 56.4 Å². The van der Waals surface area contributed by atoms with Crippen LogP contribution in [0.25, 0.3) is 21.5 Å². The average molecular weight is 1160 g/mol. The van der Waals surface area contributed by atoms with E-state index in [1.165, 1.54) is 29.0 Å². The van der Waals surface area contributed by atoms with Crippen LogP contribution in [0.15, 0.2) is 72.4 Å². The number of benzene rings is 3. The van der Waals surface area contributed by atoms with Gasteiger partial charge in [0.1, 0.15) is 35.1 Å². The third-order valence-corrected chi connectivity index (χ3v) is 16.3. The number of ether oxygens (including phenoxy) is 1. The molecule has 0 bridgehead atoms. The summed E-state index contributed by atoms with van der Waals surface area (Å²) < 4.78 is 20.6. The van der Waals surface area contributed by atoms with Gasteiger partial charge in [-0.05, 0) is 78.6 Å². The molecular formula is C61H77FN12O8S. The number of unbranched alkanes of at least 4 members (excludes halogenated alkanes) is 8. The number of aryl methyl sites for hydroxylation is 1. The van der Waals surface area contributed by atoms with E-state index in [1.54, 1.807) is 54.8 Å². The molecule has 2 aliphatic rings. The monoisotopic (exact) mass is 1160 g/mol. The van der Waals surface area contributed by atoms with Crippen molar-refractivity contribution in [3.63, 3.8) is 0 Å². The number of aliphatic hydroxyl groups excluding tert-OH is 1. The Labute approximate surface area is 487 Å². The summed E-state index contributed by atoms with van der Waals surface area (Å²) in [5.74, 6) is -1.59. The van der Waals surface area contributed by atoms with Crippen molar-refractivity contribution in [3.05, 3.63) is 101 Å². The van der Waals surface area contributed by atoms with Gasteiger partial charge in [0.15, 0.2) is 0 Å². The van der Waals surface area contributed by atoms with Crippen LogP contribution < -0.4 is 36.2 Å². The number of aliphatic hydroxyl groups is 1. The van der Waals surface area contributed by atoms with Gasteiger partial charge in [-0.15, -0.1) is 11.3 Å². The highest BCUT2D eigenvalue weighted by Crippen LogP contribution is 2.39. The van der Waals surface area contributed by atoms with E-state index in [0.717, 1.165) is 72.2 Å². The minimum Gasteiger partial charge on any atom is -0.495 e. The summed E-state index contributed by atoms with van der Waals surface area (Å²) in [5, 5.41) is 25.9. The number of amides is 6. The van der Waals surface area contributed by atoms with Gasteiger partial charge in [0, 0.05) is 64.9 Å². The Bertz CT molecular complexity index is 3290. The molecule has 20 nitrogen and oxygen atoms in total. The molecule has 6 aromatic rings. The number of rotatable bonds is 26. The molecular weight excluding hydrogens is 1080 g/mol. The number of likely N-dealkylation sites (tertiary alicyclic amines) is 1. The Morgan fingerprint density at radius 1 is 0.916 bits per heavy atom. The molecule has 0 unspecified atom stereocenters. The van der Waals surface area contributed by atoms with E-state index in [-0.39, 0.29) is 79.2 Å². The smallest absolute Gasteiger partial charge is 0.256 e. The zero-order valence-corrected chi connectivity index (χ0v) is 49.3. The average Bonchev–Trinajstić information content (AvgIpc) is 4.52. The van der Waals surface area contributed by atoms with E-state index >= 15 is 0 Å². The Kier molecular flexibility index (Phi) is 20.5. The van der Waals surface area contributed by atoms with Crippen molar-refractivity contribution >= 4 is 86.6 Å². The molecule has 442 valence electrons. The van der Waals surface area contributed by atoms with E-state index in [2.05, 4.69) is 46.5 Å². The first-order valence-corrected chi connectivity index (χ1v) is 29.4. The molecule has 1 fully saturated rings. The highest BCUT2D eigenvalue weighted by Gasteiger charge is 2.44. The molecule has 8 rings (SSSR count). The fourth-order valence-corrected chi connectivity index (χ4v) is 11.5. The van der Waals surface area contributed by atoms with E-state index in [0.29, 0.717) is 66.2 Å². The predicted octanol–water partition coefficient (Wildman–Crippen LogP) is 8.83. The van der Waals surface area contributed by atoms with Crippen molar-refractivity contribution in [1.82, 2.24) is 45.7 Å². The minimum atomic E-state index is -0.879. The largest absolute Gasteiger partial charge is 0.495 e. The highest BCUT2D eigenvalue weighted by atomic mass is 32.1. The van der Waals surface area contributed by atoms with Gasteiger partial charge in [0.05, 0.1) is 58.2 Å². The van der Waals surface area contributed by atoms with Gasteiger partial charge in [-0.25, -0.2) is 9.37 Å². The molecule has 1 saturated heterocycles. The number of anilines is 5. The van der Waals surface area contributed by atoms with E-state index in [4.69, 9.17) is 4.74 Å². The van der Waals surface area contributed by atoms with Gasteiger partial charge in [-0.3, -0.25) is 28.8 Å². The summed E-state index contributed by atoms with van der Waals surface area (Å²) in [5.41, 5.74) is 6.68. The Morgan fingerprint density at radius 3 is 2.30 bits per heavy atom. The van der Waals surface area contributed by atoms with Crippen LogP contribution in [0, 0.1) is 18.2 Å². The molecule has 3 atom stereocenters. The van der Waals surface area contributed by atoms with Crippen LogP contribution in [0.5, 0.6) is 5.75 Å². The molecule has 5 heterocycles. The van der Waals surface area contributed by atoms with Crippen LogP contribution in [-0.4, -0.2) is 129 Å². The van der Waals surface area contributed by atoms with Crippen LogP contribution in [0.4, 0.5) is 33.2 Å². The number of hydrogen-bond donors (Lipinski definition) is 7. The standard InChI is InChI=1S/C61H77FN12O8S/c1-37-53(83-36-66-37)39-24-22-38(23-25-39)33-65-57(79)47-31-41(75)34-74(47)59(81)54(61(2,3)4)69-49(76)20-15-13-11-9-8-10-12-14-16-21-50(77)72(6)35-51(78)73-29-27-40-30-48(82-7)45(32-46(40)73)68-60-70-55-42(26-28-64-55)56(71-60)67-44-19-17-18-43(62)52(44)58(80)63-5/h17-19,22-26,28,30,32,36,41,47,54,75H,8-16,20-21,27,29,31,33-35H2,1-7H3,(H,63,80)(H,65,79)(H,69,76)(H3,64,67,68,70,71)/t41-,47+,54-/m1/s1. The minimum absolute atomic E-state index is 0.0113. The lowest BCUT2D eigenvalue weighted by atomic mass is 9.85. The normalized spacial score (nSPS) is 15.2. The Balaban J connectivity index is 0.720. The van der Waals surface area contributed by atoms with Crippen molar-refractivity contribution in [2.45, 2.75) is 136 Å². The van der Waals surface area contributed by atoms with Crippen molar-refractivity contribution in [1.29, 1.82) is 0 Å². The zero-order valence-electron chi connectivity index (χ0n) is 48.5. The van der Waals surface area contributed by atoms with E-state index in [9.17, 15) is 38.3 Å². The van der Waals surface area contributed by atoms with Gasteiger partial charge in [0.2, 0.25) is 35.5 Å². The number of carbonyl (C=O) groups is 6. The second kappa shape index (κ2) is 27.9. The number of β-amino-alcohol motifs (C(OH)–C–C–N with tert-alkyl or cyclic N) is 1. The number of thiazole rings is 1. The lowest BCUT2D eigenvalue weighted by Gasteiger charge is -2.35. The second-order valence-electron chi connectivity index (χ2n) is 22.5. The number of methoxy groups -OCH3 is 1. The van der Waals surface area contributed by atoms with Gasteiger partial charge >= 0.3 is 0 Å².